The molecule has 2 rings (SSSR count). The van der Waals surface area contributed by atoms with Crippen LogP contribution in [0.5, 0.6) is 0 Å². The molecule has 1 saturated carbocycles. The summed E-state index contributed by atoms with van der Waals surface area (Å²) in [5, 5.41) is 7.96. The Kier molecular flexibility index (Phi) is 2.94. The van der Waals surface area contributed by atoms with Gasteiger partial charge in [0, 0.05) is 0 Å². The first-order chi connectivity index (χ1) is 7.63. The highest BCUT2D eigenvalue weighted by Crippen LogP contribution is 2.33. The van der Waals surface area contributed by atoms with Gasteiger partial charge in [0.05, 0.1) is 11.7 Å². The smallest absolute Gasteiger partial charge is 0.271 e. The second kappa shape index (κ2) is 4.23. The number of nitrogens with zero attached hydrogens (tertiary/aromatic N) is 3. The largest absolute Gasteiger partial charge is 0.364 e. The summed E-state index contributed by atoms with van der Waals surface area (Å²) < 4.78 is 1.86. The highest BCUT2D eigenvalue weighted by Gasteiger charge is 2.28. The molecular formula is C11H18N4O. The zero-order chi connectivity index (χ0) is 11.7. The average Bonchev–Trinajstić information content (AvgIpc) is 2.95. The van der Waals surface area contributed by atoms with Gasteiger partial charge in [-0.3, -0.25) is 4.79 Å². The normalized spacial score (nSPS) is 17.4. The molecule has 1 amide bonds. The van der Waals surface area contributed by atoms with Crippen LogP contribution in [0.1, 0.15) is 55.3 Å². The first-order valence-electron chi connectivity index (χ1n) is 5.87. The van der Waals surface area contributed by atoms with Crippen molar-refractivity contribution in [2.45, 2.75) is 45.6 Å². The minimum atomic E-state index is -0.467. The van der Waals surface area contributed by atoms with Crippen LogP contribution in [0.2, 0.25) is 0 Å². The fourth-order valence-corrected chi connectivity index (χ4v) is 1.82. The van der Waals surface area contributed by atoms with E-state index in [9.17, 15) is 4.79 Å². The lowest BCUT2D eigenvalue weighted by atomic mass is 10.1. The molecule has 16 heavy (non-hydrogen) atoms. The molecule has 0 bridgehead atoms. The molecule has 1 unspecified atom stereocenters. The predicted molar refractivity (Wildman–Crippen MR) is 60.0 cm³/mol. The summed E-state index contributed by atoms with van der Waals surface area (Å²) in [5.74, 6) is 0.226. The summed E-state index contributed by atoms with van der Waals surface area (Å²) in [6, 6.07) is 0.273. The second-order valence-electron chi connectivity index (χ2n) is 4.60. The standard InChI is InChI=1S/C11H18N4O/c1-3-7(2)15-9(6-8-4-5-8)10(11(12)16)13-14-15/h7-8H,3-6H2,1-2H3,(H2,12,16). The van der Waals surface area contributed by atoms with E-state index in [2.05, 4.69) is 24.2 Å². The quantitative estimate of drug-likeness (QED) is 0.816. The summed E-state index contributed by atoms with van der Waals surface area (Å²) in [5.41, 5.74) is 6.59. The first-order valence-corrected chi connectivity index (χ1v) is 5.87. The van der Waals surface area contributed by atoms with E-state index >= 15 is 0 Å². The Morgan fingerprint density at radius 2 is 2.31 bits per heavy atom. The van der Waals surface area contributed by atoms with Crippen LogP contribution >= 0.6 is 0 Å². The van der Waals surface area contributed by atoms with Gasteiger partial charge in [-0.05, 0) is 38.5 Å². The molecule has 1 aliphatic carbocycles. The van der Waals surface area contributed by atoms with Crippen LogP contribution in [0, 0.1) is 5.92 Å². The van der Waals surface area contributed by atoms with Crippen LogP contribution in [-0.2, 0) is 6.42 Å². The molecule has 2 N–H and O–H groups in total. The van der Waals surface area contributed by atoms with Crippen molar-refractivity contribution in [2.75, 3.05) is 0 Å². The highest BCUT2D eigenvalue weighted by atomic mass is 16.1. The predicted octanol–water partition coefficient (Wildman–Crippen LogP) is 1.30. The molecule has 5 nitrogen and oxygen atoms in total. The van der Waals surface area contributed by atoms with Crippen molar-refractivity contribution in [2.24, 2.45) is 11.7 Å². The van der Waals surface area contributed by atoms with E-state index < -0.39 is 5.91 Å². The van der Waals surface area contributed by atoms with Gasteiger partial charge in [0.2, 0.25) is 0 Å². The van der Waals surface area contributed by atoms with E-state index in [0.717, 1.165) is 18.5 Å². The van der Waals surface area contributed by atoms with Crippen LogP contribution in [-0.4, -0.2) is 20.9 Å². The van der Waals surface area contributed by atoms with E-state index in [0.29, 0.717) is 11.6 Å². The van der Waals surface area contributed by atoms with E-state index in [1.165, 1.54) is 12.8 Å². The third-order valence-electron chi connectivity index (χ3n) is 3.21. The topological polar surface area (TPSA) is 73.8 Å². The van der Waals surface area contributed by atoms with Crippen LogP contribution in [0.3, 0.4) is 0 Å². The lowest BCUT2D eigenvalue weighted by Gasteiger charge is -2.12. The number of carbonyl (C=O) groups excluding carboxylic acids is 1. The molecule has 1 aliphatic rings. The fraction of sp³-hybridized carbons (Fsp3) is 0.727. The molecule has 0 aromatic carbocycles. The molecule has 1 aromatic rings. The summed E-state index contributed by atoms with van der Waals surface area (Å²) in [6.07, 6.45) is 4.34. The number of hydrogen-bond acceptors (Lipinski definition) is 3. The van der Waals surface area contributed by atoms with E-state index in [1.807, 2.05) is 4.68 Å². The van der Waals surface area contributed by atoms with E-state index in [1.54, 1.807) is 0 Å². The number of primary amides is 1. The van der Waals surface area contributed by atoms with Crippen molar-refractivity contribution in [3.8, 4) is 0 Å². The maximum Gasteiger partial charge on any atom is 0.271 e. The lowest BCUT2D eigenvalue weighted by molar-refractivity contribution is 0.0994. The SMILES string of the molecule is CCC(C)n1nnc(C(N)=O)c1CC1CC1. The minimum absolute atomic E-state index is 0.273. The Labute approximate surface area is 95.0 Å². The maximum atomic E-state index is 11.3. The van der Waals surface area contributed by atoms with Gasteiger partial charge in [0.15, 0.2) is 5.69 Å². The number of aromatic nitrogens is 3. The zero-order valence-electron chi connectivity index (χ0n) is 9.81. The molecule has 88 valence electrons. The van der Waals surface area contributed by atoms with Gasteiger partial charge in [-0.1, -0.05) is 12.1 Å². The van der Waals surface area contributed by atoms with Crippen molar-refractivity contribution in [1.29, 1.82) is 0 Å². The zero-order valence-corrected chi connectivity index (χ0v) is 9.81. The van der Waals surface area contributed by atoms with Crippen molar-refractivity contribution < 1.29 is 4.79 Å². The highest BCUT2D eigenvalue weighted by molar-refractivity contribution is 5.91. The molecule has 1 fully saturated rings. The summed E-state index contributed by atoms with van der Waals surface area (Å²) in [6.45, 7) is 4.17. The van der Waals surface area contributed by atoms with Gasteiger partial charge in [-0.15, -0.1) is 5.10 Å². The Bertz CT molecular complexity index is 395. The van der Waals surface area contributed by atoms with Gasteiger partial charge < -0.3 is 5.73 Å². The summed E-state index contributed by atoms with van der Waals surface area (Å²) in [4.78, 5) is 11.3. The van der Waals surface area contributed by atoms with Crippen molar-refractivity contribution in [3.63, 3.8) is 0 Å². The van der Waals surface area contributed by atoms with Crippen molar-refractivity contribution >= 4 is 5.91 Å². The van der Waals surface area contributed by atoms with Gasteiger partial charge in [0.25, 0.3) is 5.91 Å². The monoisotopic (exact) mass is 222 g/mol. The number of amides is 1. The Morgan fingerprint density at radius 1 is 1.62 bits per heavy atom. The third-order valence-corrected chi connectivity index (χ3v) is 3.21. The fourth-order valence-electron chi connectivity index (χ4n) is 1.82. The van der Waals surface area contributed by atoms with Crippen LogP contribution in [0.15, 0.2) is 0 Å². The number of nitrogens with two attached hydrogens (primary N) is 1. The van der Waals surface area contributed by atoms with Crippen LogP contribution in [0.25, 0.3) is 0 Å². The van der Waals surface area contributed by atoms with Gasteiger partial charge in [-0.25, -0.2) is 4.68 Å². The first kappa shape index (κ1) is 11.1. The Hall–Kier alpha value is -1.39. The summed E-state index contributed by atoms with van der Waals surface area (Å²) in [7, 11) is 0. The van der Waals surface area contributed by atoms with Crippen LogP contribution in [0.4, 0.5) is 0 Å². The third kappa shape index (κ3) is 2.08. The van der Waals surface area contributed by atoms with Crippen molar-refractivity contribution in [1.82, 2.24) is 15.0 Å². The molecule has 0 aliphatic heterocycles. The summed E-state index contributed by atoms with van der Waals surface area (Å²) >= 11 is 0. The molecule has 5 heteroatoms. The van der Waals surface area contributed by atoms with Crippen LogP contribution < -0.4 is 5.73 Å². The van der Waals surface area contributed by atoms with Crippen molar-refractivity contribution in [3.05, 3.63) is 11.4 Å². The maximum absolute atomic E-state index is 11.3. The van der Waals surface area contributed by atoms with Gasteiger partial charge >= 0.3 is 0 Å². The Balaban J connectivity index is 2.31. The van der Waals surface area contributed by atoms with Gasteiger partial charge in [0.1, 0.15) is 0 Å². The molecule has 0 saturated heterocycles. The Morgan fingerprint density at radius 3 is 2.81 bits per heavy atom. The lowest BCUT2D eigenvalue weighted by Crippen LogP contribution is -2.17. The number of rotatable bonds is 5. The molecular weight excluding hydrogens is 204 g/mol. The van der Waals surface area contributed by atoms with Gasteiger partial charge in [-0.2, -0.15) is 0 Å². The second-order valence-corrected chi connectivity index (χ2v) is 4.60. The minimum Gasteiger partial charge on any atom is -0.364 e. The van der Waals surface area contributed by atoms with E-state index in [-0.39, 0.29) is 6.04 Å². The molecule has 0 spiro atoms. The number of hydrogen-bond donors (Lipinski definition) is 1. The molecule has 0 radical (unpaired) electrons. The number of carbonyl (C=O) groups is 1. The molecule has 1 heterocycles. The average molecular weight is 222 g/mol. The molecule has 1 aromatic heterocycles. The van der Waals surface area contributed by atoms with E-state index in [4.69, 9.17) is 5.73 Å². The molecule has 1 atom stereocenters.